The van der Waals surface area contributed by atoms with Gasteiger partial charge in [-0.05, 0) is 55.5 Å². The van der Waals surface area contributed by atoms with E-state index < -0.39 is 5.91 Å². The zero-order valence-electron chi connectivity index (χ0n) is 19.4. The van der Waals surface area contributed by atoms with Crippen molar-refractivity contribution in [1.29, 1.82) is 0 Å². The van der Waals surface area contributed by atoms with E-state index in [9.17, 15) is 4.79 Å². The molecule has 0 aliphatic heterocycles. The second kappa shape index (κ2) is 10.4. The lowest BCUT2D eigenvalue weighted by Crippen LogP contribution is -2.24. The van der Waals surface area contributed by atoms with Gasteiger partial charge in [0.2, 0.25) is 0 Å². The Hall–Kier alpha value is -4.49. The molecule has 0 bridgehead atoms. The van der Waals surface area contributed by atoms with Gasteiger partial charge in [-0.15, -0.1) is 0 Å². The number of aromatic nitrogens is 3. The molecule has 36 heavy (non-hydrogen) atoms. The Balaban J connectivity index is 1.27. The van der Waals surface area contributed by atoms with E-state index in [0.29, 0.717) is 16.5 Å². The van der Waals surface area contributed by atoms with Crippen molar-refractivity contribution in [2.75, 3.05) is 6.61 Å². The molecule has 8 heteroatoms. The third-order valence-electron chi connectivity index (χ3n) is 5.51. The van der Waals surface area contributed by atoms with Gasteiger partial charge in [0.15, 0.2) is 6.61 Å². The number of pyridine rings is 1. The van der Waals surface area contributed by atoms with Crippen molar-refractivity contribution in [3.8, 4) is 22.7 Å². The molecule has 5 rings (SSSR count). The third kappa shape index (κ3) is 5.11. The Bertz CT molecular complexity index is 1560. The number of hydrogen-bond donors (Lipinski definition) is 1. The lowest BCUT2D eigenvalue weighted by Gasteiger charge is -2.12. The van der Waals surface area contributed by atoms with Gasteiger partial charge in [0.05, 0.1) is 29.3 Å². The van der Waals surface area contributed by atoms with Gasteiger partial charge in [0.1, 0.15) is 10.9 Å². The highest BCUT2D eigenvalue weighted by atomic mass is 35.5. The minimum atomic E-state index is -0.404. The van der Waals surface area contributed by atoms with E-state index in [1.165, 1.54) is 6.21 Å². The number of hydrogen-bond acceptors (Lipinski definition) is 5. The third-order valence-corrected chi connectivity index (χ3v) is 5.81. The normalized spacial score (nSPS) is 11.2. The van der Waals surface area contributed by atoms with Crippen molar-refractivity contribution in [1.82, 2.24) is 20.2 Å². The molecule has 2 aromatic heterocycles. The Labute approximate surface area is 213 Å². The molecule has 0 fully saturated rings. The molecule has 0 atom stereocenters. The van der Waals surface area contributed by atoms with E-state index in [0.717, 1.165) is 33.4 Å². The number of halogens is 1. The highest BCUT2D eigenvalue weighted by Gasteiger charge is 2.13. The van der Waals surface area contributed by atoms with Crippen LogP contribution in [0, 0.1) is 6.92 Å². The smallest absolute Gasteiger partial charge is 0.277 e. The maximum Gasteiger partial charge on any atom is 0.277 e. The molecule has 1 amide bonds. The standard InChI is InChI=1S/C28H22ClN5O2/c1-19-11-12-24-20(15-19)16-21(28(29)32-24)17-30-33-27(35)18-36-26-10-6-5-9-23(26)25-13-14-31-34(25)22-7-3-2-4-8-22/h2-17H,18H2,1H3,(H,33,35)/b30-17+. The molecular formula is C28H22ClN5O2. The summed E-state index contributed by atoms with van der Waals surface area (Å²) in [5.74, 6) is 0.157. The van der Waals surface area contributed by atoms with E-state index in [1.807, 2.05) is 96.5 Å². The van der Waals surface area contributed by atoms with Gasteiger partial charge in [-0.2, -0.15) is 10.2 Å². The number of rotatable bonds is 7. The maximum absolute atomic E-state index is 12.4. The number of ether oxygens (including phenoxy) is 1. The topological polar surface area (TPSA) is 81.4 Å². The first kappa shape index (κ1) is 23.3. The second-order valence-corrected chi connectivity index (χ2v) is 8.46. The van der Waals surface area contributed by atoms with Crippen LogP contribution in [0.15, 0.2) is 96.2 Å². The van der Waals surface area contributed by atoms with Crippen LogP contribution in [-0.2, 0) is 4.79 Å². The van der Waals surface area contributed by atoms with E-state index in [4.69, 9.17) is 16.3 Å². The van der Waals surface area contributed by atoms with Crippen molar-refractivity contribution in [3.63, 3.8) is 0 Å². The van der Waals surface area contributed by atoms with E-state index >= 15 is 0 Å². The van der Waals surface area contributed by atoms with Crippen LogP contribution >= 0.6 is 11.6 Å². The number of carbonyl (C=O) groups is 1. The summed E-state index contributed by atoms with van der Waals surface area (Å²) in [5.41, 5.74) is 7.60. The Morgan fingerprint density at radius 1 is 1.06 bits per heavy atom. The van der Waals surface area contributed by atoms with E-state index in [-0.39, 0.29) is 6.61 Å². The number of fused-ring (bicyclic) bond motifs is 1. The van der Waals surface area contributed by atoms with Crippen LogP contribution in [0.4, 0.5) is 0 Å². The van der Waals surface area contributed by atoms with E-state index in [1.54, 1.807) is 6.20 Å². The molecule has 5 aromatic rings. The minimum Gasteiger partial charge on any atom is -0.483 e. The Morgan fingerprint density at radius 3 is 2.72 bits per heavy atom. The van der Waals surface area contributed by atoms with Gasteiger partial charge in [-0.3, -0.25) is 4.79 Å². The van der Waals surface area contributed by atoms with Gasteiger partial charge >= 0.3 is 0 Å². The molecule has 3 aromatic carbocycles. The molecule has 178 valence electrons. The molecular weight excluding hydrogens is 474 g/mol. The zero-order chi connectivity index (χ0) is 24.9. The molecule has 0 saturated carbocycles. The molecule has 0 saturated heterocycles. The van der Waals surface area contributed by atoms with Crippen LogP contribution in [0.2, 0.25) is 5.15 Å². The maximum atomic E-state index is 12.4. The summed E-state index contributed by atoms with van der Waals surface area (Å²) in [6, 6.07) is 27.0. The quantitative estimate of drug-likeness (QED) is 0.181. The fourth-order valence-corrected chi connectivity index (χ4v) is 4.01. The Morgan fingerprint density at radius 2 is 1.86 bits per heavy atom. The zero-order valence-corrected chi connectivity index (χ0v) is 20.2. The van der Waals surface area contributed by atoms with Gasteiger partial charge in [-0.25, -0.2) is 15.1 Å². The number of aryl methyl sites for hydroxylation is 1. The van der Waals surface area contributed by atoms with Crippen molar-refractivity contribution < 1.29 is 9.53 Å². The summed E-state index contributed by atoms with van der Waals surface area (Å²) in [4.78, 5) is 16.8. The molecule has 0 aliphatic rings. The lowest BCUT2D eigenvalue weighted by molar-refractivity contribution is -0.123. The summed E-state index contributed by atoms with van der Waals surface area (Å²) < 4.78 is 7.67. The van der Waals surface area contributed by atoms with Crippen LogP contribution < -0.4 is 10.2 Å². The van der Waals surface area contributed by atoms with Crippen LogP contribution in [-0.4, -0.2) is 33.5 Å². The van der Waals surface area contributed by atoms with Crippen molar-refractivity contribution in [3.05, 3.63) is 107 Å². The van der Waals surface area contributed by atoms with Crippen molar-refractivity contribution >= 4 is 34.6 Å². The second-order valence-electron chi connectivity index (χ2n) is 8.11. The van der Waals surface area contributed by atoms with Crippen molar-refractivity contribution in [2.45, 2.75) is 6.92 Å². The summed E-state index contributed by atoms with van der Waals surface area (Å²) in [6.45, 7) is 1.80. The lowest BCUT2D eigenvalue weighted by atomic mass is 10.1. The van der Waals surface area contributed by atoms with Gasteiger partial charge in [0, 0.05) is 16.5 Å². The highest BCUT2D eigenvalue weighted by Crippen LogP contribution is 2.31. The monoisotopic (exact) mass is 495 g/mol. The number of benzene rings is 3. The molecule has 0 unspecified atom stereocenters. The van der Waals surface area contributed by atoms with Crippen LogP contribution in [0.5, 0.6) is 5.75 Å². The number of amides is 1. The van der Waals surface area contributed by atoms with Crippen molar-refractivity contribution in [2.24, 2.45) is 5.10 Å². The van der Waals surface area contributed by atoms with Gasteiger partial charge in [-0.1, -0.05) is 53.6 Å². The average Bonchev–Trinajstić information content (AvgIpc) is 3.38. The van der Waals surface area contributed by atoms with Crippen LogP contribution in [0.25, 0.3) is 27.8 Å². The molecule has 0 spiro atoms. The molecule has 7 nitrogen and oxygen atoms in total. The van der Waals surface area contributed by atoms with E-state index in [2.05, 4.69) is 20.6 Å². The first-order valence-corrected chi connectivity index (χ1v) is 11.7. The SMILES string of the molecule is Cc1ccc2nc(Cl)c(/C=N/NC(=O)COc3ccccc3-c3ccnn3-c3ccccc3)cc2c1. The number of carbonyl (C=O) groups excluding carboxylic acids is 1. The van der Waals surface area contributed by atoms with Crippen LogP contribution in [0.3, 0.4) is 0 Å². The summed E-state index contributed by atoms with van der Waals surface area (Å²) in [5, 5.41) is 9.73. The fourth-order valence-electron chi connectivity index (χ4n) is 3.82. The number of nitrogens with one attached hydrogen (secondary N) is 1. The first-order chi connectivity index (χ1) is 17.6. The highest BCUT2D eigenvalue weighted by molar-refractivity contribution is 6.32. The van der Waals surface area contributed by atoms with Gasteiger partial charge in [0.25, 0.3) is 5.91 Å². The summed E-state index contributed by atoms with van der Waals surface area (Å²) >= 11 is 6.28. The van der Waals surface area contributed by atoms with Gasteiger partial charge < -0.3 is 4.74 Å². The molecule has 0 radical (unpaired) electrons. The number of nitrogens with zero attached hydrogens (tertiary/aromatic N) is 4. The molecule has 1 N–H and O–H groups in total. The molecule has 2 heterocycles. The first-order valence-electron chi connectivity index (χ1n) is 11.3. The number of hydrazone groups is 1. The predicted molar refractivity (Wildman–Crippen MR) is 142 cm³/mol. The minimum absolute atomic E-state index is 0.212. The average molecular weight is 496 g/mol. The van der Waals surface area contributed by atoms with Crippen LogP contribution in [0.1, 0.15) is 11.1 Å². The summed E-state index contributed by atoms with van der Waals surface area (Å²) in [7, 11) is 0. The summed E-state index contributed by atoms with van der Waals surface area (Å²) in [6.07, 6.45) is 3.20. The predicted octanol–water partition coefficient (Wildman–Crippen LogP) is 5.58. The molecule has 0 aliphatic carbocycles. The fraction of sp³-hybridized carbons (Fsp3) is 0.0714. The Kier molecular flexibility index (Phi) is 6.73. The number of para-hydroxylation sites is 2. The largest absolute Gasteiger partial charge is 0.483 e.